The fraction of sp³-hybridized carbons (Fsp3) is 0.182. The molecule has 1 aromatic heterocycles. The monoisotopic (exact) mass is 379 g/mol. The van der Waals surface area contributed by atoms with E-state index in [1.807, 2.05) is 30.3 Å². The largest absolute Gasteiger partial charge is 0.496 e. The van der Waals surface area contributed by atoms with Gasteiger partial charge in [0.05, 0.1) is 28.4 Å². The van der Waals surface area contributed by atoms with E-state index in [9.17, 15) is 4.79 Å². The minimum absolute atomic E-state index is 0.394. The van der Waals surface area contributed by atoms with E-state index in [1.54, 1.807) is 25.6 Å². The van der Waals surface area contributed by atoms with E-state index in [1.165, 1.54) is 21.3 Å². The molecule has 0 bridgehead atoms. The minimum atomic E-state index is 0.394. The van der Waals surface area contributed by atoms with E-state index in [-0.39, 0.29) is 0 Å². The number of nitrogens with zero attached hydrogens (tertiary/aromatic N) is 1. The summed E-state index contributed by atoms with van der Waals surface area (Å²) in [4.78, 5) is 16.1. The van der Waals surface area contributed by atoms with Gasteiger partial charge in [0.2, 0.25) is 5.75 Å². The van der Waals surface area contributed by atoms with E-state index in [0.717, 1.165) is 17.4 Å². The maximum absolute atomic E-state index is 11.9. The Kier molecular flexibility index (Phi) is 5.79. The van der Waals surface area contributed by atoms with Gasteiger partial charge in [0.25, 0.3) is 0 Å². The highest BCUT2D eigenvalue weighted by Crippen LogP contribution is 2.49. The molecule has 1 heterocycles. The fourth-order valence-electron chi connectivity index (χ4n) is 3.16. The van der Waals surface area contributed by atoms with Gasteiger partial charge in [-0.25, -0.2) is 0 Å². The Morgan fingerprint density at radius 3 is 2.14 bits per heavy atom. The summed E-state index contributed by atoms with van der Waals surface area (Å²) < 4.78 is 22.0. The van der Waals surface area contributed by atoms with Crippen molar-refractivity contribution in [3.05, 3.63) is 54.4 Å². The first-order valence-electron chi connectivity index (χ1n) is 8.55. The normalized spacial score (nSPS) is 10.3. The van der Waals surface area contributed by atoms with Crippen molar-refractivity contribution in [2.45, 2.75) is 0 Å². The number of benzene rings is 2. The highest BCUT2D eigenvalue weighted by Gasteiger charge is 2.24. The third-order valence-corrected chi connectivity index (χ3v) is 4.45. The Morgan fingerprint density at radius 2 is 1.57 bits per heavy atom. The molecule has 0 saturated carbocycles. The van der Waals surface area contributed by atoms with Gasteiger partial charge < -0.3 is 18.9 Å². The highest BCUT2D eigenvalue weighted by molar-refractivity contribution is 5.96. The number of aldehydes is 1. The number of hydrogen-bond donors (Lipinski definition) is 0. The highest BCUT2D eigenvalue weighted by atomic mass is 16.5. The molecule has 2 aromatic carbocycles. The Balaban J connectivity index is 2.35. The van der Waals surface area contributed by atoms with Gasteiger partial charge in [-0.2, -0.15) is 0 Å². The molecule has 0 aliphatic rings. The van der Waals surface area contributed by atoms with Crippen molar-refractivity contribution in [2.24, 2.45) is 0 Å². The number of ether oxygens (including phenoxy) is 4. The number of aromatic nitrogens is 1. The third-order valence-electron chi connectivity index (χ3n) is 4.45. The Labute approximate surface area is 163 Å². The van der Waals surface area contributed by atoms with Crippen LogP contribution >= 0.6 is 0 Å². The van der Waals surface area contributed by atoms with E-state index in [0.29, 0.717) is 39.7 Å². The smallest absolute Gasteiger partial charge is 0.203 e. The van der Waals surface area contributed by atoms with Gasteiger partial charge in [0.15, 0.2) is 17.8 Å². The topological polar surface area (TPSA) is 66.9 Å². The lowest BCUT2D eigenvalue weighted by Gasteiger charge is -2.20. The molecule has 6 heteroatoms. The predicted molar refractivity (Wildman–Crippen MR) is 107 cm³/mol. The molecule has 144 valence electrons. The zero-order valence-corrected chi connectivity index (χ0v) is 16.2. The molecular weight excluding hydrogens is 358 g/mol. The van der Waals surface area contributed by atoms with Crippen LogP contribution in [0.3, 0.4) is 0 Å². The van der Waals surface area contributed by atoms with Crippen LogP contribution in [0.4, 0.5) is 0 Å². The number of rotatable bonds is 7. The van der Waals surface area contributed by atoms with Crippen LogP contribution in [-0.4, -0.2) is 39.7 Å². The average molecular weight is 379 g/mol. The van der Waals surface area contributed by atoms with Gasteiger partial charge in [0.1, 0.15) is 5.75 Å². The van der Waals surface area contributed by atoms with Crippen molar-refractivity contribution in [3.8, 4) is 45.3 Å². The maximum Gasteiger partial charge on any atom is 0.203 e. The van der Waals surface area contributed by atoms with Gasteiger partial charge in [0, 0.05) is 34.6 Å². The lowest BCUT2D eigenvalue weighted by molar-refractivity contribution is 0.112. The van der Waals surface area contributed by atoms with Crippen LogP contribution in [0.1, 0.15) is 10.4 Å². The van der Waals surface area contributed by atoms with Crippen molar-refractivity contribution in [2.75, 3.05) is 28.4 Å². The van der Waals surface area contributed by atoms with E-state index >= 15 is 0 Å². The number of methoxy groups -OCH3 is 4. The van der Waals surface area contributed by atoms with Gasteiger partial charge in [-0.05, 0) is 29.8 Å². The summed E-state index contributed by atoms with van der Waals surface area (Å²) in [5, 5.41) is 0. The molecule has 6 nitrogen and oxygen atoms in total. The molecule has 0 unspecified atom stereocenters. The van der Waals surface area contributed by atoms with Crippen LogP contribution in [0.5, 0.6) is 23.0 Å². The molecule has 0 spiro atoms. The van der Waals surface area contributed by atoms with E-state index in [2.05, 4.69) is 4.98 Å². The summed E-state index contributed by atoms with van der Waals surface area (Å²) in [7, 11) is 6.13. The second-order valence-electron chi connectivity index (χ2n) is 5.88. The zero-order valence-electron chi connectivity index (χ0n) is 16.2. The van der Waals surface area contributed by atoms with Crippen LogP contribution in [0.25, 0.3) is 22.3 Å². The lowest BCUT2D eigenvalue weighted by Crippen LogP contribution is -2.01. The summed E-state index contributed by atoms with van der Waals surface area (Å²) in [6.45, 7) is 0. The molecule has 0 fully saturated rings. The number of carbonyl (C=O) groups is 1. The van der Waals surface area contributed by atoms with Crippen LogP contribution in [0.2, 0.25) is 0 Å². The summed E-state index contributed by atoms with van der Waals surface area (Å²) in [5.74, 6) is 1.80. The summed E-state index contributed by atoms with van der Waals surface area (Å²) in [5.41, 5.74) is 3.54. The van der Waals surface area contributed by atoms with Crippen LogP contribution in [0, 0.1) is 0 Å². The fourth-order valence-corrected chi connectivity index (χ4v) is 3.16. The first-order valence-corrected chi connectivity index (χ1v) is 8.55. The zero-order chi connectivity index (χ0) is 20.1. The van der Waals surface area contributed by atoms with E-state index < -0.39 is 0 Å². The molecular formula is C22H21NO5. The Bertz CT molecular complexity index is 986. The standard InChI is InChI=1S/C22H21NO5/c1-25-18-8-7-14(15-6-5-9-23-12-15)10-17(18)20-16(13-24)11-19(26-2)21(27-3)22(20)28-4/h5-13H,1-4H3. The first kappa shape index (κ1) is 19.2. The van der Waals surface area contributed by atoms with Crippen molar-refractivity contribution < 1.29 is 23.7 Å². The molecule has 0 N–H and O–H groups in total. The quantitative estimate of drug-likeness (QED) is 0.572. The van der Waals surface area contributed by atoms with Crippen LogP contribution in [-0.2, 0) is 0 Å². The third kappa shape index (κ3) is 3.36. The van der Waals surface area contributed by atoms with Crippen LogP contribution in [0.15, 0.2) is 48.8 Å². The second kappa shape index (κ2) is 8.43. The molecule has 0 saturated heterocycles. The van der Waals surface area contributed by atoms with Crippen LogP contribution < -0.4 is 18.9 Å². The summed E-state index contributed by atoms with van der Waals surface area (Å²) in [6, 6.07) is 11.2. The van der Waals surface area contributed by atoms with Crippen molar-refractivity contribution in [1.29, 1.82) is 0 Å². The van der Waals surface area contributed by atoms with Crippen molar-refractivity contribution >= 4 is 6.29 Å². The molecule has 0 aliphatic heterocycles. The van der Waals surface area contributed by atoms with Gasteiger partial charge >= 0.3 is 0 Å². The Hall–Kier alpha value is -3.54. The summed E-state index contributed by atoms with van der Waals surface area (Å²) in [6.07, 6.45) is 4.25. The Morgan fingerprint density at radius 1 is 0.821 bits per heavy atom. The SMILES string of the molecule is COc1ccc(-c2cccnc2)cc1-c1c(C=O)cc(OC)c(OC)c1OC. The molecule has 3 rings (SSSR count). The molecule has 0 amide bonds. The molecule has 0 aliphatic carbocycles. The number of hydrogen-bond acceptors (Lipinski definition) is 6. The van der Waals surface area contributed by atoms with Crippen molar-refractivity contribution in [3.63, 3.8) is 0 Å². The van der Waals surface area contributed by atoms with Gasteiger partial charge in [-0.15, -0.1) is 0 Å². The average Bonchev–Trinajstić information content (AvgIpc) is 2.77. The predicted octanol–water partition coefficient (Wildman–Crippen LogP) is 4.26. The first-order chi connectivity index (χ1) is 13.7. The molecule has 0 atom stereocenters. The minimum Gasteiger partial charge on any atom is -0.496 e. The van der Waals surface area contributed by atoms with Crippen molar-refractivity contribution in [1.82, 2.24) is 4.98 Å². The maximum atomic E-state index is 11.9. The molecule has 28 heavy (non-hydrogen) atoms. The van der Waals surface area contributed by atoms with E-state index in [4.69, 9.17) is 18.9 Å². The molecule has 3 aromatic rings. The molecule has 0 radical (unpaired) electrons. The number of pyridine rings is 1. The van der Waals surface area contributed by atoms with Gasteiger partial charge in [-0.3, -0.25) is 9.78 Å². The number of carbonyl (C=O) groups excluding carboxylic acids is 1. The summed E-state index contributed by atoms with van der Waals surface area (Å²) >= 11 is 0. The van der Waals surface area contributed by atoms with Gasteiger partial charge in [-0.1, -0.05) is 12.1 Å². The lowest BCUT2D eigenvalue weighted by atomic mass is 9.94. The second-order valence-corrected chi connectivity index (χ2v) is 5.88.